The van der Waals surface area contributed by atoms with E-state index in [4.69, 9.17) is 9.26 Å². The van der Waals surface area contributed by atoms with Crippen LogP contribution in [-0.2, 0) is 22.6 Å². The van der Waals surface area contributed by atoms with Gasteiger partial charge >= 0.3 is 0 Å². The van der Waals surface area contributed by atoms with Gasteiger partial charge in [0.25, 0.3) is 0 Å². The maximum absolute atomic E-state index is 12.2. The van der Waals surface area contributed by atoms with Crippen molar-refractivity contribution in [2.24, 2.45) is 5.92 Å². The number of hydrogen-bond acceptors (Lipinski definition) is 6. The third-order valence-corrected chi connectivity index (χ3v) is 5.03. The lowest BCUT2D eigenvalue weighted by molar-refractivity contribution is -0.116. The molecule has 1 N–H and O–H groups in total. The number of nitrogens with zero attached hydrogens (tertiary/aromatic N) is 2. The van der Waals surface area contributed by atoms with E-state index in [1.807, 2.05) is 41.1 Å². The third-order valence-electron chi connectivity index (χ3n) is 4.34. The number of aromatic nitrogens is 2. The van der Waals surface area contributed by atoms with Gasteiger partial charge in [0.15, 0.2) is 0 Å². The Morgan fingerprint density at radius 3 is 3.07 bits per heavy atom. The van der Waals surface area contributed by atoms with Crippen LogP contribution in [0.1, 0.15) is 30.7 Å². The number of rotatable bonds is 9. The number of carbonyl (C=O) groups excluding carboxylic acids is 1. The van der Waals surface area contributed by atoms with Crippen molar-refractivity contribution in [3.8, 4) is 11.4 Å². The minimum atomic E-state index is -0.0821. The van der Waals surface area contributed by atoms with Crippen molar-refractivity contribution in [2.45, 2.75) is 32.3 Å². The second kappa shape index (κ2) is 8.45. The standard InChI is InChI=1S/C20H21N3O3S/c24-18(6-7-19-22-20(23-26-19)16-8-9-27-13-16)21-17-3-1-2-15(10-17)12-25-11-14-4-5-14/h1-3,8-10,13-14H,4-7,11-12H2,(H,21,24). The van der Waals surface area contributed by atoms with E-state index in [1.165, 1.54) is 12.8 Å². The molecule has 1 aliphatic carbocycles. The molecule has 3 aromatic rings. The molecule has 6 nitrogen and oxygen atoms in total. The van der Waals surface area contributed by atoms with Gasteiger partial charge in [-0.2, -0.15) is 16.3 Å². The van der Waals surface area contributed by atoms with Gasteiger partial charge in [-0.05, 0) is 47.9 Å². The van der Waals surface area contributed by atoms with Crippen LogP contribution in [0.25, 0.3) is 11.4 Å². The first kappa shape index (κ1) is 17.9. The average Bonchev–Trinajstić information content (AvgIpc) is 3.14. The fraction of sp³-hybridized carbons (Fsp3) is 0.350. The second-order valence-corrected chi connectivity index (χ2v) is 7.51. The summed E-state index contributed by atoms with van der Waals surface area (Å²) in [5, 5.41) is 10.8. The first-order valence-corrected chi connectivity index (χ1v) is 10.0. The van der Waals surface area contributed by atoms with E-state index in [0.717, 1.165) is 29.3 Å². The Morgan fingerprint density at radius 2 is 2.26 bits per heavy atom. The summed E-state index contributed by atoms with van der Waals surface area (Å²) in [6.07, 6.45) is 3.26. The summed E-state index contributed by atoms with van der Waals surface area (Å²) >= 11 is 1.58. The van der Waals surface area contributed by atoms with Gasteiger partial charge in [-0.3, -0.25) is 4.79 Å². The zero-order valence-electron chi connectivity index (χ0n) is 14.9. The normalized spacial score (nSPS) is 13.6. The van der Waals surface area contributed by atoms with Gasteiger partial charge in [-0.1, -0.05) is 17.3 Å². The topological polar surface area (TPSA) is 77.2 Å². The van der Waals surface area contributed by atoms with E-state index >= 15 is 0 Å². The van der Waals surface area contributed by atoms with Gasteiger partial charge in [-0.25, -0.2) is 0 Å². The molecule has 4 rings (SSSR count). The van der Waals surface area contributed by atoms with Crippen molar-refractivity contribution < 1.29 is 14.1 Å². The molecule has 7 heteroatoms. The Balaban J connectivity index is 1.25. The Hall–Kier alpha value is -2.51. The number of benzene rings is 1. The maximum Gasteiger partial charge on any atom is 0.227 e. The van der Waals surface area contributed by atoms with Gasteiger partial charge in [-0.15, -0.1) is 0 Å². The highest BCUT2D eigenvalue weighted by molar-refractivity contribution is 7.08. The quantitative estimate of drug-likeness (QED) is 0.596. The van der Waals surface area contributed by atoms with Gasteiger partial charge in [0.1, 0.15) is 0 Å². The smallest absolute Gasteiger partial charge is 0.227 e. The highest BCUT2D eigenvalue weighted by Crippen LogP contribution is 2.29. The number of thiophene rings is 1. The van der Waals surface area contributed by atoms with E-state index in [1.54, 1.807) is 11.3 Å². The molecule has 27 heavy (non-hydrogen) atoms. The van der Waals surface area contributed by atoms with Crippen LogP contribution in [-0.4, -0.2) is 22.7 Å². The van der Waals surface area contributed by atoms with E-state index in [-0.39, 0.29) is 12.3 Å². The highest BCUT2D eigenvalue weighted by Gasteiger charge is 2.21. The number of ether oxygens (including phenoxy) is 1. The van der Waals surface area contributed by atoms with E-state index in [2.05, 4.69) is 15.5 Å². The molecule has 0 atom stereocenters. The Bertz CT molecular complexity index is 888. The van der Waals surface area contributed by atoms with Crippen molar-refractivity contribution in [1.29, 1.82) is 0 Å². The number of nitrogens with one attached hydrogen (secondary N) is 1. The molecule has 1 saturated carbocycles. The highest BCUT2D eigenvalue weighted by atomic mass is 32.1. The predicted molar refractivity (Wildman–Crippen MR) is 103 cm³/mol. The van der Waals surface area contributed by atoms with Gasteiger partial charge < -0.3 is 14.6 Å². The van der Waals surface area contributed by atoms with Crippen LogP contribution in [0.5, 0.6) is 0 Å². The zero-order chi connectivity index (χ0) is 18.5. The molecule has 0 aliphatic heterocycles. The van der Waals surface area contributed by atoms with E-state index in [0.29, 0.717) is 24.7 Å². The molecule has 0 radical (unpaired) electrons. The Morgan fingerprint density at radius 1 is 1.33 bits per heavy atom. The lowest BCUT2D eigenvalue weighted by Crippen LogP contribution is -2.12. The Labute approximate surface area is 161 Å². The van der Waals surface area contributed by atoms with Crippen LogP contribution < -0.4 is 5.32 Å². The first-order chi connectivity index (χ1) is 13.3. The Kier molecular flexibility index (Phi) is 5.60. The maximum atomic E-state index is 12.2. The lowest BCUT2D eigenvalue weighted by Gasteiger charge is -2.07. The lowest BCUT2D eigenvalue weighted by atomic mass is 10.2. The van der Waals surface area contributed by atoms with Gasteiger partial charge in [0.2, 0.25) is 17.6 Å². The van der Waals surface area contributed by atoms with E-state index in [9.17, 15) is 4.79 Å². The predicted octanol–water partition coefficient (Wildman–Crippen LogP) is 4.30. The monoisotopic (exact) mass is 383 g/mol. The van der Waals surface area contributed by atoms with Gasteiger partial charge in [0.05, 0.1) is 6.61 Å². The molecule has 1 aromatic carbocycles. The number of amides is 1. The SMILES string of the molecule is O=C(CCc1nc(-c2ccsc2)no1)Nc1cccc(COCC2CC2)c1. The van der Waals surface area contributed by atoms with E-state index < -0.39 is 0 Å². The molecule has 0 spiro atoms. The summed E-state index contributed by atoms with van der Waals surface area (Å²) in [6, 6.07) is 9.70. The second-order valence-electron chi connectivity index (χ2n) is 6.73. The van der Waals surface area contributed by atoms with Crippen molar-refractivity contribution in [3.05, 3.63) is 52.5 Å². The van der Waals surface area contributed by atoms with Crippen molar-refractivity contribution >= 4 is 22.9 Å². The summed E-state index contributed by atoms with van der Waals surface area (Å²) in [6.45, 7) is 1.40. The number of carbonyl (C=O) groups is 1. The van der Waals surface area contributed by atoms with Crippen LogP contribution in [0.2, 0.25) is 0 Å². The molecular formula is C20H21N3O3S. The molecule has 1 amide bonds. The molecule has 0 bridgehead atoms. The van der Waals surface area contributed by atoms with Crippen molar-refractivity contribution in [3.63, 3.8) is 0 Å². The number of hydrogen-bond donors (Lipinski definition) is 1. The number of aryl methyl sites for hydroxylation is 1. The molecule has 2 aromatic heterocycles. The first-order valence-electron chi connectivity index (χ1n) is 9.08. The summed E-state index contributed by atoms with van der Waals surface area (Å²) in [5.41, 5.74) is 2.77. The minimum Gasteiger partial charge on any atom is -0.376 e. The molecule has 0 unspecified atom stereocenters. The summed E-state index contributed by atoms with van der Waals surface area (Å²) < 4.78 is 10.9. The fourth-order valence-electron chi connectivity index (χ4n) is 2.68. The van der Waals surface area contributed by atoms with Crippen LogP contribution in [0.4, 0.5) is 5.69 Å². The summed E-state index contributed by atoms with van der Waals surface area (Å²) in [5.74, 6) is 1.69. The number of anilines is 1. The average molecular weight is 383 g/mol. The molecule has 0 saturated heterocycles. The summed E-state index contributed by atoms with van der Waals surface area (Å²) in [4.78, 5) is 16.5. The molecule has 140 valence electrons. The largest absolute Gasteiger partial charge is 0.376 e. The molecule has 1 fully saturated rings. The minimum absolute atomic E-state index is 0.0821. The molecule has 1 aliphatic rings. The fourth-order valence-corrected chi connectivity index (χ4v) is 3.31. The molecule has 2 heterocycles. The van der Waals surface area contributed by atoms with Crippen molar-refractivity contribution in [1.82, 2.24) is 10.1 Å². The van der Waals surface area contributed by atoms with Crippen LogP contribution in [0, 0.1) is 5.92 Å². The van der Waals surface area contributed by atoms with Crippen LogP contribution in [0.15, 0.2) is 45.6 Å². The molecular weight excluding hydrogens is 362 g/mol. The van der Waals surface area contributed by atoms with Gasteiger partial charge in [0, 0.05) is 36.1 Å². The van der Waals surface area contributed by atoms with Crippen LogP contribution in [0.3, 0.4) is 0 Å². The summed E-state index contributed by atoms with van der Waals surface area (Å²) in [7, 11) is 0. The van der Waals surface area contributed by atoms with Crippen molar-refractivity contribution in [2.75, 3.05) is 11.9 Å². The third kappa shape index (κ3) is 5.24. The zero-order valence-corrected chi connectivity index (χ0v) is 15.7. The van der Waals surface area contributed by atoms with Crippen LogP contribution >= 0.6 is 11.3 Å².